The van der Waals surface area contributed by atoms with Crippen molar-refractivity contribution < 1.29 is 4.79 Å². The van der Waals surface area contributed by atoms with Gasteiger partial charge in [0.1, 0.15) is 5.69 Å². The number of thiazole rings is 1. The number of carbonyl (C=O) groups excluding carboxylic acids is 1. The van der Waals surface area contributed by atoms with Crippen molar-refractivity contribution in [2.24, 2.45) is 0 Å². The SMILES string of the molecule is C#CCN(CC)C(=O)c1cscn1. The molecule has 0 spiro atoms. The summed E-state index contributed by atoms with van der Waals surface area (Å²) in [6.45, 7) is 2.84. The van der Waals surface area contributed by atoms with Crippen LogP contribution in [0.4, 0.5) is 0 Å². The second kappa shape index (κ2) is 4.63. The van der Waals surface area contributed by atoms with Crippen LogP contribution in [-0.2, 0) is 0 Å². The van der Waals surface area contributed by atoms with Crippen molar-refractivity contribution in [1.29, 1.82) is 0 Å². The lowest BCUT2D eigenvalue weighted by Gasteiger charge is -2.15. The number of amides is 1. The van der Waals surface area contributed by atoms with E-state index in [2.05, 4.69) is 10.9 Å². The van der Waals surface area contributed by atoms with Crippen LogP contribution in [0.25, 0.3) is 0 Å². The monoisotopic (exact) mass is 194 g/mol. The zero-order valence-corrected chi connectivity index (χ0v) is 8.17. The molecule has 0 saturated carbocycles. The van der Waals surface area contributed by atoms with Crippen LogP contribution in [-0.4, -0.2) is 28.9 Å². The molecule has 0 bridgehead atoms. The smallest absolute Gasteiger partial charge is 0.274 e. The van der Waals surface area contributed by atoms with E-state index in [9.17, 15) is 4.79 Å². The number of terminal acetylenes is 1. The van der Waals surface area contributed by atoms with E-state index in [1.807, 2.05) is 6.92 Å². The molecule has 0 N–H and O–H groups in total. The number of carbonyl (C=O) groups is 1. The molecule has 68 valence electrons. The van der Waals surface area contributed by atoms with E-state index in [0.29, 0.717) is 18.8 Å². The van der Waals surface area contributed by atoms with Gasteiger partial charge >= 0.3 is 0 Å². The summed E-state index contributed by atoms with van der Waals surface area (Å²) in [4.78, 5) is 17.1. The second-order valence-corrected chi connectivity index (χ2v) is 3.12. The van der Waals surface area contributed by atoms with Crippen LogP contribution in [0.2, 0.25) is 0 Å². The van der Waals surface area contributed by atoms with Gasteiger partial charge in [-0.3, -0.25) is 4.79 Å². The van der Waals surface area contributed by atoms with Crippen LogP contribution >= 0.6 is 11.3 Å². The summed E-state index contributed by atoms with van der Waals surface area (Å²) in [6.07, 6.45) is 5.13. The van der Waals surface area contributed by atoms with E-state index in [-0.39, 0.29) is 5.91 Å². The number of rotatable bonds is 3. The van der Waals surface area contributed by atoms with E-state index in [4.69, 9.17) is 6.42 Å². The fourth-order valence-electron chi connectivity index (χ4n) is 0.918. The Morgan fingerprint density at radius 1 is 1.85 bits per heavy atom. The molecule has 1 aromatic rings. The van der Waals surface area contributed by atoms with Crippen LogP contribution in [0.15, 0.2) is 10.9 Å². The fraction of sp³-hybridized carbons (Fsp3) is 0.333. The molecule has 1 rings (SSSR count). The molecular formula is C9H10N2OS. The maximum Gasteiger partial charge on any atom is 0.274 e. The van der Waals surface area contributed by atoms with E-state index >= 15 is 0 Å². The van der Waals surface area contributed by atoms with Crippen molar-refractivity contribution in [3.05, 3.63) is 16.6 Å². The van der Waals surface area contributed by atoms with E-state index < -0.39 is 0 Å². The topological polar surface area (TPSA) is 33.2 Å². The standard InChI is InChI=1S/C9H10N2OS/c1-3-5-11(4-2)9(12)8-6-13-7-10-8/h1,6-7H,4-5H2,2H3. The van der Waals surface area contributed by atoms with Crippen LogP contribution in [0.3, 0.4) is 0 Å². The molecule has 3 nitrogen and oxygen atoms in total. The first kappa shape index (κ1) is 9.75. The Kier molecular flexibility index (Phi) is 3.47. The lowest BCUT2D eigenvalue weighted by Crippen LogP contribution is -2.31. The number of nitrogens with zero attached hydrogens (tertiary/aromatic N) is 2. The van der Waals surface area contributed by atoms with Gasteiger partial charge in [-0.25, -0.2) is 4.98 Å². The first-order valence-corrected chi connectivity index (χ1v) is 4.84. The van der Waals surface area contributed by atoms with Crippen molar-refractivity contribution >= 4 is 17.2 Å². The van der Waals surface area contributed by atoms with Gasteiger partial charge in [-0.05, 0) is 6.92 Å². The van der Waals surface area contributed by atoms with Gasteiger partial charge in [0.25, 0.3) is 5.91 Å². The summed E-state index contributed by atoms with van der Waals surface area (Å²) >= 11 is 1.40. The average Bonchev–Trinajstić information content (AvgIpc) is 2.65. The normalized spacial score (nSPS) is 9.23. The molecule has 1 amide bonds. The maximum atomic E-state index is 11.6. The quantitative estimate of drug-likeness (QED) is 0.678. The molecule has 0 aromatic carbocycles. The Morgan fingerprint density at radius 3 is 3.08 bits per heavy atom. The average molecular weight is 194 g/mol. The van der Waals surface area contributed by atoms with Gasteiger partial charge < -0.3 is 4.90 Å². The summed E-state index contributed by atoms with van der Waals surface area (Å²) in [6, 6.07) is 0. The molecule has 4 heteroatoms. The third-order valence-electron chi connectivity index (χ3n) is 1.60. The molecule has 0 fully saturated rings. The number of aromatic nitrogens is 1. The molecule has 13 heavy (non-hydrogen) atoms. The van der Waals surface area contributed by atoms with Gasteiger partial charge in [-0.1, -0.05) is 5.92 Å². The molecule has 1 heterocycles. The summed E-state index contributed by atoms with van der Waals surface area (Å²) < 4.78 is 0. The fourth-order valence-corrected chi connectivity index (χ4v) is 1.44. The summed E-state index contributed by atoms with van der Waals surface area (Å²) in [7, 11) is 0. The van der Waals surface area contributed by atoms with Gasteiger partial charge in [-0.2, -0.15) is 0 Å². The predicted molar refractivity (Wildman–Crippen MR) is 52.5 cm³/mol. The minimum atomic E-state index is -0.0956. The molecule has 0 unspecified atom stereocenters. The lowest BCUT2D eigenvalue weighted by molar-refractivity contribution is 0.0780. The van der Waals surface area contributed by atoms with Crippen LogP contribution < -0.4 is 0 Å². The number of hydrogen-bond acceptors (Lipinski definition) is 3. The Labute approximate surface area is 81.4 Å². The van der Waals surface area contributed by atoms with E-state index in [1.165, 1.54) is 11.3 Å². The lowest BCUT2D eigenvalue weighted by atomic mass is 10.4. The highest BCUT2D eigenvalue weighted by Gasteiger charge is 2.14. The highest BCUT2D eigenvalue weighted by atomic mass is 32.1. The van der Waals surface area contributed by atoms with Crippen molar-refractivity contribution in [2.45, 2.75) is 6.92 Å². The highest BCUT2D eigenvalue weighted by Crippen LogP contribution is 2.04. The zero-order valence-electron chi connectivity index (χ0n) is 7.36. The third-order valence-corrected chi connectivity index (χ3v) is 2.19. The first-order chi connectivity index (χ1) is 6.29. The Hall–Kier alpha value is -1.34. The van der Waals surface area contributed by atoms with E-state index in [0.717, 1.165) is 0 Å². The molecule has 0 aliphatic heterocycles. The predicted octanol–water partition coefficient (Wildman–Crippen LogP) is 1.24. The van der Waals surface area contributed by atoms with Gasteiger partial charge in [0, 0.05) is 11.9 Å². The Bertz CT molecular complexity index is 313. The largest absolute Gasteiger partial charge is 0.326 e. The first-order valence-electron chi connectivity index (χ1n) is 3.90. The van der Waals surface area contributed by atoms with Crippen molar-refractivity contribution in [1.82, 2.24) is 9.88 Å². The molecule has 0 aliphatic carbocycles. The van der Waals surface area contributed by atoms with Gasteiger partial charge in [0.05, 0.1) is 12.1 Å². The Morgan fingerprint density at radius 2 is 2.62 bits per heavy atom. The molecule has 0 radical (unpaired) electrons. The third kappa shape index (κ3) is 2.30. The summed E-state index contributed by atoms with van der Waals surface area (Å²) in [5.74, 6) is 2.35. The van der Waals surface area contributed by atoms with Crippen LogP contribution in [0, 0.1) is 12.3 Å². The van der Waals surface area contributed by atoms with Gasteiger partial charge in [-0.15, -0.1) is 17.8 Å². The van der Waals surface area contributed by atoms with Crippen molar-refractivity contribution in [3.8, 4) is 12.3 Å². The number of hydrogen-bond donors (Lipinski definition) is 0. The molecule has 0 saturated heterocycles. The maximum absolute atomic E-state index is 11.6. The van der Waals surface area contributed by atoms with Crippen LogP contribution in [0.1, 0.15) is 17.4 Å². The molecule has 0 aliphatic rings. The molecular weight excluding hydrogens is 184 g/mol. The summed E-state index contributed by atoms with van der Waals surface area (Å²) in [5, 5.41) is 1.72. The van der Waals surface area contributed by atoms with Gasteiger partial charge in [0.2, 0.25) is 0 Å². The van der Waals surface area contributed by atoms with E-state index in [1.54, 1.807) is 15.8 Å². The van der Waals surface area contributed by atoms with Crippen LogP contribution in [0.5, 0.6) is 0 Å². The minimum absolute atomic E-state index is 0.0956. The minimum Gasteiger partial charge on any atom is -0.326 e. The van der Waals surface area contributed by atoms with Crippen molar-refractivity contribution in [3.63, 3.8) is 0 Å². The second-order valence-electron chi connectivity index (χ2n) is 2.40. The van der Waals surface area contributed by atoms with Crippen molar-refractivity contribution in [2.75, 3.05) is 13.1 Å². The molecule has 1 aromatic heterocycles. The Balaban J connectivity index is 2.72. The summed E-state index contributed by atoms with van der Waals surface area (Å²) in [5.41, 5.74) is 2.11. The highest BCUT2D eigenvalue weighted by molar-refractivity contribution is 7.07. The molecule has 0 atom stereocenters. The van der Waals surface area contributed by atoms with Gasteiger partial charge in [0.15, 0.2) is 0 Å². The zero-order chi connectivity index (χ0) is 9.68.